The van der Waals surface area contributed by atoms with Gasteiger partial charge in [0.1, 0.15) is 0 Å². The highest BCUT2D eigenvalue weighted by Crippen LogP contribution is 2.31. The van der Waals surface area contributed by atoms with Crippen LogP contribution >= 0.6 is 0 Å². The molecule has 2 aliphatic rings. The monoisotopic (exact) mass is 393 g/mol. The number of morpholine rings is 1. The SMILES string of the molecule is Cc1ccccc1C(=O)NCC(c1ccc2c(c1)CCCN2C)N1CCOCC1. The van der Waals surface area contributed by atoms with Crippen LogP contribution in [0.4, 0.5) is 5.69 Å². The van der Waals surface area contributed by atoms with Crippen LogP contribution in [0.1, 0.15) is 39.5 Å². The molecule has 0 aromatic heterocycles. The summed E-state index contributed by atoms with van der Waals surface area (Å²) < 4.78 is 5.57. The fourth-order valence-corrected chi connectivity index (χ4v) is 4.47. The Kier molecular flexibility index (Phi) is 6.16. The summed E-state index contributed by atoms with van der Waals surface area (Å²) in [5.74, 6) is -0.000877. The van der Waals surface area contributed by atoms with E-state index in [0.717, 1.165) is 50.4 Å². The lowest BCUT2D eigenvalue weighted by molar-refractivity contribution is 0.0162. The van der Waals surface area contributed by atoms with Gasteiger partial charge in [-0.05, 0) is 48.6 Å². The second kappa shape index (κ2) is 8.97. The van der Waals surface area contributed by atoms with Gasteiger partial charge >= 0.3 is 0 Å². The number of ether oxygens (including phenoxy) is 1. The molecule has 0 saturated carbocycles. The Labute approximate surface area is 173 Å². The van der Waals surface area contributed by atoms with Crippen molar-refractivity contribution in [1.29, 1.82) is 0 Å². The summed E-state index contributed by atoms with van der Waals surface area (Å²) in [6.07, 6.45) is 2.32. The lowest BCUT2D eigenvalue weighted by Crippen LogP contribution is -2.44. The molecule has 5 nitrogen and oxygen atoms in total. The van der Waals surface area contributed by atoms with E-state index in [2.05, 4.69) is 40.4 Å². The van der Waals surface area contributed by atoms with E-state index in [1.54, 1.807) is 0 Å². The van der Waals surface area contributed by atoms with Crippen LogP contribution in [0.15, 0.2) is 42.5 Å². The van der Waals surface area contributed by atoms with Crippen LogP contribution in [0.5, 0.6) is 0 Å². The molecule has 29 heavy (non-hydrogen) atoms. The molecule has 1 saturated heterocycles. The van der Waals surface area contributed by atoms with Gasteiger partial charge in [-0.2, -0.15) is 0 Å². The number of carbonyl (C=O) groups excluding carboxylic acids is 1. The maximum atomic E-state index is 12.8. The van der Waals surface area contributed by atoms with E-state index in [0.29, 0.717) is 6.54 Å². The molecule has 0 radical (unpaired) electrons. The molecule has 4 rings (SSSR count). The Morgan fingerprint density at radius 1 is 1.14 bits per heavy atom. The van der Waals surface area contributed by atoms with Crippen LogP contribution in [0.3, 0.4) is 0 Å². The number of nitrogens with zero attached hydrogens (tertiary/aromatic N) is 2. The number of anilines is 1. The molecule has 2 aromatic rings. The first-order valence-corrected chi connectivity index (χ1v) is 10.6. The molecule has 2 heterocycles. The number of hydrogen-bond donors (Lipinski definition) is 1. The minimum Gasteiger partial charge on any atom is -0.379 e. The Hall–Kier alpha value is -2.37. The van der Waals surface area contributed by atoms with Crippen molar-refractivity contribution in [2.24, 2.45) is 0 Å². The molecule has 1 unspecified atom stereocenters. The van der Waals surface area contributed by atoms with Crippen molar-refractivity contribution >= 4 is 11.6 Å². The Balaban J connectivity index is 1.55. The molecule has 1 fully saturated rings. The number of nitrogens with one attached hydrogen (secondary N) is 1. The average molecular weight is 394 g/mol. The van der Waals surface area contributed by atoms with Gasteiger partial charge in [-0.3, -0.25) is 9.69 Å². The Bertz CT molecular complexity index is 861. The van der Waals surface area contributed by atoms with Gasteiger partial charge in [-0.1, -0.05) is 30.3 Å². The minimum atomic E-state index is -0.000877. The highest BCUT2D eigenvalue weighted by atomic mass is 16.5. The fourth-order valence-electron chi connectivity index (χ4n) is 4.47. The summed E-state index contributed by atoms with van der Waals surface area (Å²) in [5.41, 5.74) is 5.79. The van der Waals surface area contributed by atoms with E-state index in [1.807, 2.05) is 31.2 Å². The van der Waals surface area contributed by atoms with Crippen LogP contribution in [0, 0.1) is 6.92 Å². The van der Waals surface area contributed by atoms with Gasteiger partial charge in [-0.15, -0.1) is 0 Å². The van der Waals surface area contributed by atoms with Gasteiger partial charge in [0, 0.05) is 44.5 Å². The standard InChI is InChI=1S/C24H31N3O2/c1-18-6-3-4-8-21(18)24(28)25-17-23(27-12-14-29-15-13-27)20-9-10-22-19(16-20)7-5-11-26(22)2/h3-4,6,8-10,16,23H,5,7,11-15,17H2,1-2H3,(H,25,28). The van der Waals surface area contributed by atoms with Gasteiger partial charge in [0.15, 0.2) is 0 Å². The molecule has 1 atom stereocenters. The highest BCUT2D eigenvalue weighted by Gasteiger charge is 2.25. The molecule has 1 N–H and O–H groups in total. The number of carbonyl (C=O) groups is 1. The third kappa shape index (κ3) is 4.46. The molecular formula is C24H31N3O2. The van der Waals surface area contributed by atoms with Crippen LogP contribution in [0.25, 0.3) is 0 Å². The molecule has 154 valence electrons. The summed E-state index contributed by atoms with van der Waals surface area (Å²) in [6, 6.07) is 14.8. The van der Waals surface area contributed by atoms with E-state index < -0.39 is 0 Å². The zero-order valence-electron chi connectivity index (χ0n) is 17.5. The summed E-state index contributed by atoms with van der Waals surface area (Å²) >= 11 is 0. The number of rotatable bonds is 5. The van der Waals surface area contributed by atoms with Gasteiger partial charge in [0.2, 0.25) is 0 Å². The lowest BCUT2D eigenvalue weighted by Gasteiger charge is -2.36. The van der Waals surface area contributed by atoms with Crippen molar-refractivity contribution in [3.05, 3.63) is 64.7 Å². The van der Waals surface area contributed by atoms with Gasteiger partial charge in [-0.25, -0.2) is 0 Å². The molecule has 2 aliphatic heterocycles. The first-order chi connectivity index (χ1) is 14.1. The largest absolute Gasteiger partial charge is 0.379 e. The van der Waals surface area contributed by atoms with E-state index >= 15 is 0 Å². The molecule has 0 bridgehead atoms. The van der Waals surface area contributed by atoms with Crippen molar-refractivity contribution < 1.29 is 9.53 Å². The predicted octanol–water partition coefficient (Wildman–Crippen LogP) is 3.18. The summed E-state index contributed by atoms with van der Waals surface area (Å²) in [6.45, 7) is 6.97. The van der Waals surface area contributed by atoms with Crippen LogP contribution < -0.4 is 10.2 Å². The predicted molar refractivity (Wildman–Crippen MR) is 117 cm³/mol. The number of benzene rings is 2. The zero-order chi connectivity index (χ0) is 20.2. The number of fused-ring (bicyclic) bond motifs is 1. The van der Waals surface area contributed by atoms with Crippen molar-refractivity contribution in [3.8, 4) is 0 Å². The average Bonchev–Trinajstić information content (AvgIpc) is 2.75. The number of aryl methyl sites for hydroxylation is 2. The Morgan fingerprint density at radius 2 is 1.93 bits per heavy atom. The molecule has 0 spiro atoms. The smallest absolute Gasteiger partial charge is 0.251 e. The van der Waals surface area contributed by atoms with Crippen molar-refractivity contribution in [2.45, 2.75) is 25.8 Å². The van der Waals surface area contributed by atoms with E-state index in [1.165, 1.54) is 23.2 Å². The van der Waals surface area contributed by atoms with Crippen molar-refractivity contribution in [3.63, 3.8) is 0 Å². The van der Waals surface area contributed by atoms with Crippen molar-refractivity contribution in [2.75, 3.05) is 51.3 Å². The third-order valence-electron chi connectivity index (χ3n) is 6.17. The molecule has 1 amide bonds. The lowest BCUT2D eigenvalue weighted by atomic mass is 9.95. The number of hydrogen-bond acceptors (Lipinski definition) is 4. The van der Waals surface area contributed by atoms with Crippen molar-refractivity contribution in [1.82, 2.24) is 10.2 Å². The molecule has 5 heteroatoms. The number of amides is 1. The van der Waals surface area contributed by atoms with Crippen LogP contribution in [0.2, 0.25) is 0 Å². The third-order valence-corrected chi connectivity index (χ3v) is 6.17. The minimum absolute atomic E-state index is 0.000877. The van der Waals surface area contributed by atoms with Gasteiger partial charge in [0.25, 0.3) is 5.91 Å². The van der Waals surface area contributed by atoms with Crippen LogP contribution in [-0.2, 0) is 11.2 Å². The highest BCUT2D eigenvalue weighted by molar-refractivity contribution is 5.95. The zero-order valence-corrected chi connectivity index (χ0v) is 17.5. The molecular weight excluding hydrogens is 362 g/mol. The quantitative estimate of drug-likeness (QED) is 0.848. The second-order valence-electron chi connectivity index (χ2n) is 8.10. The van der Waals surface area contributed by atoms with E-state index in [4.69, 9.17) is 4.74 Å². The first-order valence-electron chi connectivity index (χ1n) is 10.6. The maximum Gasteiger partial charge on any atom is 0.251 e. The maximum absolute atomic E-state index is 12.8. The van der Waals surface area contributed by atoms with Gasteiger partial charge < -0.3 is 15.0 Å². The van der Waals surface area contributed by atoms with E-state index in [9.17, 15) is 4.79 Å². The topological polar surface area (TPSA) is 44.8 Å². The summed E-state index contributed by atoms with van der Waals surface area (Å²) in [5, 5.41) is 3.19. The fraction of sp³-hybridized carbons (Fsp3) is 0.458. The van der Waals surface area contributed by atoms with Gasteiger partial charge in [0.05, 0.1) is 19.3 Å². The second-order valence-corrected chi connectivity index (χ2v) is 8.10. The first kappa shape index (κ1) is 19.9. The van der Waals surface area contributed by atoms with Crippen LogP contribution in [-0.4, -0.2) is 57.2 Å². The van der Waals surface area contributed by atoms with E-state index in [-0.39, 0.29) is 11.9 Å². The Morgan fingerprint density at radius 3 is 2.72 bits per heavy atom. The normalized spacial score (nSPS) is 18.2. The molecule has 0 aliphatic carbocycles. The summed E-state index contributed by atoms with van der Waals surface area (Å²) in [4.78, 5) is 17.6. The summed E-state index contributed by atoms with van der Waals surface area (Å²) in [7, 11) is 2.17. The molecule has 2 aromatic carbocycles.